The van der Waals surface area contributed by atoms with Crippen molar-refractivity contribution in [2.75, 3.05) is 0 Å². The number of halogens is 6. The lowest BCUT2D eigenvalue weighted by Crippen LogP contribution is -2.25. The van der Waals surface area contributed by atoms with Gasteiger partial charge in [0.2, 0.25) is 0 Å². The molecule has 0 saturated carbocycles. The zero-order valence-corrected chi connectivity index (χ0v) is 6.52. The maximum Gasteiger partial charge on any atom is 0.380 e. The summed E-state index contributed by atoms with van der Waals surface area (Å²) in [4.78, 5) is 0. The van der Waals surface area contributed by atoms with Gasteiger partial charge in [0.15, 0.2) is 5.83 Å². The van der Waals surface area contributed by atoms with Crippen LogP contribution >= 0.6 is 0 Å². The molecule has 0 atom stereocenters. The average molecular weight is 228 g/mol. The van der Waals surface area contributed by atoms with Gasteiger partial charge in [0.25, 0.3) is 0 Å². The first kappa shape index (κ1) is 12.3. The second kappa shape index (κ2) is 3.56. The molecule has 0 radical (unpaired) electrons. The van der Waals surface area contributed by atoms with Crippen molar-refractivity contribution in [1.29, 1.82) is 0 Å². The molecule has 0 aromatic rings. The fourth-order valence-corrected chi connectivity index (χ4v) is 0.633. The number of alkyl halides is 2. The lowest BCUT2D eigenvalue weighted by atomic mass is 10.4. The molecule has 0 unspecified atom stereocenters. The first-order chi connectivity index (χ1) is 5.58. The Labute approximate surface area is 69.1 Å². The molecule has 0 bridgehead atoms. The summed E-state index contributed by atoms with van der Waals surface area (Å²) in [6, 6.07) is 0. The zero-order chi connectivity index (χ0) is 10.9. The van der Waals surface area contributed by atoms with Crippen molar-refractivity contribution in [3.05, 3.63) is 11.9 Å². The van der Waals surface area contributed by atoms with Crippen molar-refractivity contribution in [2.24, 2.45) is 0 Å². The predicted octanol–water partition coefficient (Wildman–Crippen LogP) is 2.35. The first-order valence-electron chi connectivity index (χ1n) is 2.59. The van der Waals surface area contributed by atoms with E-state index in [1.54, 1.807) is 0 Å². The highest BCUT2D eigenvalue weighted by Crippen LogP contribution is 2.32. The first-order valence-corrected chi connectivity index (χ1v) is 3.98. The number of hydrogen-bond donors (Lipinski definition) is 0. The Morgan fingerprint density at radius 3 is 1.77 bits per heavy atom. The molecule has 0 rings (SSSR count). The molecule has 0 aliphatic rings. The van der Waals surface area contributed by atoms with Crippen LogP contribution in [0.2, 0.25) is 0 Å². The van der Waals surface area contributed by atoms with E-state index >= 15 is 0 Å². The normalized spacial score (nSPS) is 12.8. The van der Waals surface area contributed by atoms with E-state index in [1.165, 1.54) is 0 Å². The Morgan fingerprint density at radius 1 is 1.15 bits per heavy atom. The highest BCUT2D eigenvalue weighted by molar-refractivity contribution is 7.87. The summed E-state index contributed by atoms with van der Waals surface area (Å²) >= 11 is 0. The van der Waals surface area contributed by atoms with Crippen molar-refractivity contribution in [3.8, 4) is 0 Å². The van der Waals surface area contributed by atoms with Crippen LogP contribution in [0.3, 0.4) is 0 Å². The minimum atomic E-state index is -6.37. The second-order valence-corrected chi connectivity index (χ2v) is 3.39. The van der Waals surface area contributed by atoms with Crippen LogP contribution < -0.4 is 0 Å². The zero-order valence-electron chi connectivity index (χ0n) is 5.70. The van der Waals surface area contributed by atoms with Gasteiger partial charge in [-0.15, -0.1) is 0 Å². The van der Waals surface area contributed by atoms with Crippen molar-refractivity contribution < 1.29 is 34.3 Å². The molecule has 0 aliphatic heterocycles. The summed E-state index contributed by atoms with van der Waals surface area (Å²) in [5.74, 6) is -2.66. The predicted molar refractivity (Wildman–Crippen MR) is 29.9 cm³/mol. The molecule has 0 aromatic heterocycles. The summed E-state index contributed by atoms with van der Waals surface area (Å²) in [5, 5.41) is -5.17. The molecule has 0 aromatic carbocycles. The summed E-state index contributed by atoms with van der Waals surface area (Å²) in [5.41, 5.74) is 0. The summed E-state index contributed by atoms with van der Waals surface area (Å²) in [6.45, 7) is 0. The maximum absolute atomic E-state index is 12.0. The third kappa shape index (κ3) is 3.25. The Hall–Kier alpha value is -0.730. The quantitative estimate of drug-likeness (QED) is 0.548. The van der Waals surface area contributed by atoms with Crippen molar-refractivity contribution >= 4 is 10.2 Å². The fourth-order valence-electron chi connectivity index (χ4n) is 0.334. The number of hydrogen-bond acceptors (Lipinski definition) is 2. The molecule has 9 heteroatoms. The Kier molecular flexibility index (Phi) is 3.36. The Bertz CT molecular complexity index is 314. The van der Waals surface area contributed by atoms with Crippen LogP contribution in [0.25, 0.3) is 0 Å². The maximum atomic E-state index is 12.0. The highest BCUT2D eigenvalue weighted by Gasteiger charge is 2.47. The molecule has 0 aliphatic carbocycles. The van der Waals surface area contributed by atoms with Gasteiger partial charge >= 0.3 is 21.6 Å². The minimum Gasteiger partial charge on any atom is -0.206 e. The SMILES string of the molecule is O=S(=O)(F)C(F)(F)CC(F)=C(F)F. The van der Waals surface area contributed by atoms with E-state index in [0.29, 0.717) is 0 Å². The van der Waals surface area contributed by atoms with E-state index in [2.05, 4.69) is 0 Å². The van der Waals surface area contributed by atoms with Gasteiger partial charge in [-0.05, 0) is 0 Å². The van der Waals surface area contributed by atoms with E-state index in [9.17, 15) is 34.3 Å². The molecule has 13 heavy (non-hydrogen) atoms. The Balaban J connectivity index is 4.84. The van der Waals surface area contributed by atoms with Crippen LogP contribution in [0.15, 0.2) is 11.9 Å². The van der Waals surface area contributed by atoms with Crippen LogP contribution in [0, 0.1) is 0 Å². The van der Waals surface area contributed by atoms with Crippen molar-refractivity contribution in [3.63, 3.8) is 0 Å². The molecule has 0 N–H and O–H groups in total. The van der Waals surface area contributed by atoms with Gasteiger partial charge in [-0.3, -0.25) is 0 Å². The number of rotatable bonds is 3. The molecule has 0 fully saturated rings. The van der Waals surface area contributed by atoms with E-state index in [0.717, 1.165) is 0 Å². The molecule has 78 valence electrons. The summed E-state index contributed by atoms with van der Waals surface area (Å²) < 4.78 is 88.8. The molecule has 0 saturated heterocycles. The largest absolute Gasteiger partial charge is 0.380 e. The topological polar surface area (TPSA) is 34.1 Å². The Morgan fingerprint density at radius 2 is 1.54 bits per heavy atom. The second-order valence-electron chi connectivity index (χ2n) is 1.92. The third-order valence-electron chi connectivity index (χ3n) is 0.923. The van der Waals surface area contributed by atoms with Crippen molar-refractivity contribution in [2.45, 2.75) is 11.7 Å². The fraction of sp³-hybridized carbons (Fsp3) is 0.500. The molecule has 0 amide bonds. The minimum absolute atomic E-state index is 2.51. The van der Waals surface area contributed by atoms with Crippen molar-refractivity contribution in [1.82, 2.24) is 0 Å². The lowest BCUT2D eigenvalue weighted by molar-refractivity contribution is 0.0776. The van der Waals surface area contributed by atoms with Gasteiger partial charge in [0.05, 0.1) is 6.42 Å². The van der Waals surface area contributed by atoms with Gasteiger partial charge in [-0.2, -0.15) is 26.0 Å². The summed E-state index contributed by atoms with van der Waals surface area (Å²) in [7, 11) is -6.37. The van der Waals surface area contributed by atoms with Crippen LogP contribution in [0.1, 0.15) is 6.42 Å². The third-order valence-corrected chi connectivity index (χ3v) is 1.78. The van der Waals surface area contributed by atoms with Gasteiger partial charge < -0.3 is 0 Å². The molecular weight excluding hydrogens is 226 g/mol. The standard InChI is InChI=1S/C4H2F6O2S/c5-2(3(6)7)1-4(8,9)13(10,11)12/h1H2. The van der Waals surface area contributed by atoms with Crippen LogP contribution in [-0.2, 0) is 10.2 Å². The van der Waals surface area contributed by atoms with Crippen LogP contribution in [-0.4, -0.2) is 13.7 Å². The average Bonchev–Trinajstić information content (AvgIpc) is 1.83. The molecular formula is C4H2F6O2S. The highest BCUT2D eigenvalue weighted by atomic mass is 32.3. The van der Waals surface area contributed by atoms with E-state index in [1.807, 2.05) is 0 Å². The van der Waals surface area contributed by atoms with Gasteiger partial charge in [-0.25, -0.2) is 4.39 Å². The van der Waals surface area contributed by atoms with Crippen LogP contribution in [0.4, 0.5) is 25.8 Å². The molecule has 2 nitrogen and oxygen atoms in total. The van der Waals surface area contributed by atoms with E-state index < -0.39 is 33.8 Å². The van der Waals surface area contributed by atoms with Gasteiger partial charge in [-0.1, -0.05) is 3.89 Å². The van der Waals surface area contributed by atoms with Gasteiger partial charge in [0.1, 0.15) is 0 Å². The smallest absolute Gasteiger partial charge is 0.206 e. The molecule has 0 heterocycles. The number of allylic oxidation sites excluding steroid dienone is 1. The van der Waals surface area contributed by atoms with Gasteiger partial charge in [0, 0.05) is 0 Å². The van der Waals surface area contributed by atoms with Crippen LogP contribution in [0.5, 0.6) is 0 Å². The summed E-state index contributed by atoms with van der Waals surface area (Å²) in [6.07, 6.45) is -5.61. The monoisotopic (exact) mass is 228 g/mol. The van der Waals surface area contributed by atoms with E-state index in [4.69, 9.17) is 0 Å². The molecule has 0 spiro atoms. The van der Waals surface area contributed by atoms with E-state index in [-0.39, 0.29) is 0 Å². The lowest BCUT2D eigenvalue weighted by Gasteiger charge is -2.08.